The average Bonchev–Trinajstić information content (AvgIpc) is 3.27. The van der Waals surface area contributed by atoms with Crippen LogP contribution >= 0.6 is 22.6 Å². The molecule has 5 nitrogen and oxygen atoms in total. The average molecular weight is 441 g/mol. The van der Waals surface area contributed by atoms with Gasteiger partial charge in [0.1, 0.15) is 0 Å². The first kappa shape index (κ1) is 16.0. The maximum absolute atomic E-state index is 4.47. The summed E-state index contributed by atoms with van der Waals surface area (Å²) in [7, 11) is 0. The Kier molecular flexibility index (Phi) is 4.35. The molecule has 4 rings (SSSR count). The van der Waals surface area contributed by atoms with Gasteiger partial charge in [0.25, 0.3) is 0 Å². The summed E-state index contributed by atoms with van der Waals surface area (Å²) in [6.07, 6.45) is 5.49. The molecule has 0 saturated carbocycles. The van der Waals surface area contributed by atoms with Gasteiger partial charge < -0.3 is 4.57 Å². The van der Waals surface area contributed by atoms with E-state index in [4.69, 9.17) is 0 Å². The molecule has 2 aromatic heterocycles. The molecule has 0 aliphatic rings. The third-order valence-electron chi connectivity index (χ3n) is 4.01. The number of benzene rings is 2. The van der Waals surface area contributed by atoms with E-state index < -0.39 is 0 Å². The molecule has 124 valence electrons. The third kappa shape index (κ3) is 3.34. The molecule has 0 N–H and O–H groups in total. The minimum atomic E-state index is 0.616. The van der Waals surface area contributed by atoms with E-state index in [1.807, 2.05) is 10.8 Å². The molecule has 2 aromatic carbocycles. The van der Waals surface area contributed by atoms with Gasteiger partial charge in [0.15, 0.2) is 11.6 Å². The zero-order valence-electron chi connectivity index (χ0n) is 13.7. The van der Waals surface area contributed by atoms with Gasteiger partial charge in [-0.3, -0.25) is 4.57 Å². The van der Waals surface area contributed by atoms with Crippen LogP contribution in [0.25, 0.3) is 17.1 Å². The number of hydrogen-bond donors (Lipinski definition) is 0. The van der Waals surface area contributed by atoms with Crippen LogP contribution < -0.4 is 0 Å². The molecular formula is C19H16IN5. The fraction of sp³-hybridized carbons (Fsp3) is 0.105. The molecule has 0 bridgehead atoms. The summed E-state index contributed by atoms with van der Waals surface area (Å²) in [5.74, 6) is 1.71. The lowest BCUT2D eigenvalue weighted by atomic mass is 10.2. The number of aromatic nitrogens is 5. The van der Waals surface area contributed by atoms with Crippen LogP contribution in [0.4, 0.5) is 0 Å². The number of halogens is 1. The first-order valence-corrected chi connectivity index (χ1v) is 9.01. The van der Waals surface area contributed by atoms with Crippen LogP contribution in [0.2, 0.25) is 0 Å². The largest absolute Gasteiger partial charge is 0.330 e. The van der Waals surface area contributed by atoms with Gasteiger partial charge >= 0.3 is 0 Å². The zero-order valence-corrected chi connectivity index (χ0v) is 15.8. The van der Waals surface area contributed by atoms with Gasteiger partial charge in [-0.25, -0.2) is 4.98 Å². The summed E-state index contributed by atoms with van der Waals surface area (Å²) >= 11 is 2.31. The van der Waals surface area contributed by atoms with Gasteiger partial charge in [0, 0.05) is 27.2 Å². The molecule has 0 radical (unpaired) electrons. The van der Waals surface area contributed by atoms with Crippen molar-refractivity contribution in [1.82, 2.24) is 24.3 Å². The molecule has 0 aliphatic heterocycles. The van der Waals surface area contributed by atoms with Crippen LogP contribution in [-0.2, 0) is 6.54 Å². The fourth-order valence-electron chi connectivity index (χ4n) is 2.71. The molecule has 2 heterocycles. The van der Waals surface area contributed by atoms with Gasteiger partial charge in [0.05, 0.1) is 12.9 Å². The summed E-state index contributed by atoms with van der Waals surface area (Å²) < 4.78 is 5.30. The lowest BCUT2D eigenvalue weighted by molar-refractivity contribution is 0.724. The van der Waals surface area contributed by atoms with Crippen molar-refractivity contribution in [3.63, 3.8) is 0 Å². The Bertz CT molecular complexity index is 970. The molecule has 6 heteroatoms. The number of hydrogen-bond acceptors (Lipinski definition) is 3. The van der Waals surface area contributed by atoms with E-state index in [1.54, 1.807) is 12.5 Å². The predicted molar refractivity (Wildman–Crippen MR) is 106 cm³/mol. The first-order chi connectivity index (χ1) is 12.2. The lowest BCUT2D eigenvalue weighted by Crippen LogP contribution is -2.07. The molecular weight excluding hydrogens is 425 g/mol. The highest BCUT2D eigenvalue weighted by atomic mass is 127. The Morgan fingerprint density at radius 1 is 0.960 bits per heavy atom. The van der Waals surface area contributed by atoms with Crippen LogP contribution in [0.1, 0.15) is 11.4 Å². The van der Waals surface area contributed by atoms with Gasteiger partial charge in [0.2, 0.25) is 0 Å². The van der Waals surface area contributed by atoms with E-state index >= 15 is 0 Å². The van der Waals surface area contributed by atoms with Gasteiger partial charge in [-0.05, 0) is 53.8 Å². The highest BCUT2D eigenvalue weighted by Crippen LogP contribution is 2.24. The van der Waals surface area contributed by atoms with Crippen molar-refractivity contribution in [3.05, 3.63) is 82.2 Å². The van der Waals surface area contributed by atoms with Crippen LogP contribution in [0.3, 0.4) is 0 Å². The quantitative estimate of drug-likeness (QED) is 0.449. The van der Waals surface area contributed by atoms with Gasteiger partial charge in [-0.15, -0.1) is 10.2 Å². The SMILES string of the molecule is Cc1ccc(-n2c(Cn3ccnc3)nnc2-c2ccc(I)cc2)cc1. The monoisotopic (exact) mass is 441 g/mol. The molecule has 0 amide bonds. The van der Waals surface area contributed by atoms with E-state index in [-0.39, 0.29) is 0 Å². The Labute approximate surface area is 159 Å². The number of nitrogens with zero attached hydrogens (tertiary/aromatic N) is 5. The molecule has 0 unspecified atom stereocenters. The molecule has 0 aliphatic carbocycles. The second kappa shape index (κ2) is 6.79. The summed E-state index contributed by atoms with van der Waals surface area (Å²) in [6.45, 7) is 2.70. The minimum absolute atomic E-state index is 0.616. The standard InChI is InChI=1S/C19H16IN5/c1-14-2-8-17(9-3-14)25-18(12-24-11-10-21-13-24)22-23-19(25)15-4-6-16(20)7-5-15/h2-11,13H,12H2,1H3. The van der Waals surface area contributed by atoms with Crippen molar-refractivity contribution < 1.29 is 0 Å². The van der Waals surface area contributed by atoms with Crippen LogP contribution in [-0.4, -0.2) is 24.3 Å². The van der Waals surface area contributed by atoms with Crippen molar-refractivity contribution in [3.8, 4) is 17.1 Å². The van der Waals surface area contributed by atoms with E-state index in [0.717, 1.165) is 22.9 Å². The van der Waals surface area contributed by atoms with Crippen molar-refractivity contribution in [2.45, 2.75) is 13.5 Å². The fourth-order valence-corrected chi connectivity index (χ4v) is 3.07. The molecule has 0 fully saturated rings. The number of imidazole rings is 1. The summed E-state index contributed by atoms with van der Waals surface area (Å²) in [5.41, 5.74) is 3.33. The third-order valence-corrected chi connectivity index (χ3v) is 4.73. The van der Waals surface area contributed by atoms with Crippen molar-refractivity contribution in [2.75, 3.05) is 0 Å². The lowest BCUT2D eigenvalue weighted by Gasteiger charge is -2.11. The van der Waals surface area contributed by atoms with E-state index in [0.29, 0.717) is 6.54 Å². The Morgan fingerprint density at radius 2 is 1.72 bits per heavy atom. The minimum Gasteiger partial charge on any atom is -0.330 e. The second-order valence-corrected chi connectivity index (χ2v) is 7.10. The Morgan fingerprint density at radius 3 is 2.40 bits per heavy atom. The zero-order chi connectivity index (χ0) is 17.2. The van der Waals surface area contributed by atoms with Crippen molar-refractivity contribution in [1.29, 1.82) is 0 Å². The van der Waals surface area contributed by atoms with Crippen LogP contribution in [0, 0.1) is 10.5 Å². The maximum atomic E-state index is 4.47. The molecule has 4 aromatic rings. The van der Waals surface area contributed by atoms with Crippen molar-refractivity contribution in [2.24, 2.45) is 0 Å². The number of aryl methyl sites for hydroxylation is 1. The summed E-state index contributed by atoms with van der Waals surface area (Å²) in [5, 5.41) is 8.92. The smallest absolute Gasteiger partial charge is 0.168 e. The van der Waals surface area contributed by atoms with Gasteiger partial charge in [-0.1, -0.05) is 29.8 Å². The molecule has 0 spiro atoms. The molecule has 0 saturated heterocycles. The highest BCUT2D eigenvalue weighted by molar-refractivity contribution is 14.1. The molecule has 25 heavy (non-hydrogen) atoms. The van der Waals surface area contributed by atoms with E-state index in [2.05, 4.69) is 97.8 Å². The van der Waals surface area contributed by atoms with Crippen LogP contribution in [0.15, 0.2) is 67.3 Å². The van der Waals surface area contributed by atoms with Gasteiger partial charge in [-0.2, -0.15) is 0 Å². The summed E-state index contributed by atoms with van der Waals surface area (Å²) in [4.78, 5) is 4.11. The van der Waals surface area contributed by atoms with E-state index in [1.165, 1.54) is 9.13 Å². The highest BCUT2D eigenvalue weighted by Gasteiger charge is 2.16. The normalized spacial score (nSPS) is 11.0. The van der Waals surface area contributed by atoms with E-state index in [9.17, 15) is 0 Å². The van der Waals surface area contributed by atoms with Crippen LogP contribution in [0.5, 0.6) is 0 Å². The number of rotatable bonds is 4. The topological polar surface area (TPSA) is 48.5 Å². The first-order valence-electron chi connectivity index (χ1n) is 7.94. The summed E-state index contributed by atoms with van der Waals surface area (Å²) in [6, 6.07) is 16.7. The second-order valence-electron chi connectivity index (χ2n) is 5.85. The predicted octanol–water partition coefficient (Wildman–Crippen LogP) is 4.09. The van der Waals surface area contributed by atoms with Crippen molar-refractivity contribution >= 4 is 22.6 Å². The maximum Gasteiger partial charge on any atom is 0.168 e. The molecule has 0 atom stereocenters. The Hall–Kier alpha value is -2.48. The Balaban J connectivity index is 1.85.